The highest BCUT2D eigenvalue weighted by Crippen LogP contribution is 2.13. The molecule has 0 saturated heterocycles. The quantitative estimate of drug-likeness (QED) is 0.460. The Hall–Kier alpha value is -1.55. The fourth-order valence-electron chi connectivity index (χ4n) is 0.819. The Morgan fingerprint density at radius 1 is 1.33 bits per heavy atom. The number of halogens is 3. The number of alkyl halides is 3. The molecule has 0 saturated carbocycles. The minimum Gasteiger partial charge on any atom is -0.480 e. The number of carbonyl (C=O) groups is 2. The first-order valence-electron chi connectivity index (χ1n) is 4.79. The highest BCUT2D eigenvalue weighted by Gasteiger charge is 2.27. The van der Waals surface area contributed by atoms with E-state index in [1.807, 2.05) is 5.32 Å². The molecule has 4 N–H and O–H groups in total. The molecule has 0 fully saturated rings. The number of carboxylic acids is 1. The molecule has 106 valence electrons. The van der Waals surface area contributed by atoms with E-state index in [4.69, 9.17) is 10.2 Å². The maximum Gasteiger partial charge on any atom is 0.411 e. The molecule has 18 heavy (non-hydrogen) atoms. The van der Waals surface area contributed by atoms with Gasteiger partial charge in [-0.15, -0.1) is 0 Å². The van der Waals surface area contributed by atoms with Crippen LogP contribution in [0, 0.1) is 0 Å². The molecule has 0 unspecified atom stereocenters. The van der Waals surface area contributed by atoms with Crippen LogP contribution in [0.4, 0.5) is 18.0 Å². The zero-order valence-electron chi connectivity index (χ0n) is 9.16. The Labute approximate surface area is 99.9 Å². The van der Waals surface area contributed by atoms with E-state index in [1.165, 1.54) is 0 Å². The van der Waals surface area contributed by atoms with Crippen molar-refractivity contribution in [2.24, 2.45) is 0 Å². The fraction of sp³-hybridized carbons (Fsp3) is 0.750. The lowest BCUT2D eigenvalue weighted by molar-refractivity contribution is -0.173. The van der Waals surface area contributed by atoms with Gasteiger partial charge in [-0.1, -0.05) is 0 Å². The molecule has 1 atom stereocenters. The highest BCUT2D eigenvalue weighted by atomic mass is 19.4. The van der Waals surface area contributed by atoms with Crippen LogP contribution >= 0.6 is 0 Å². The van der Waals surface area contributed by atoms with Crippen LogP contribution in [0.3, 0.4) is 0 Å². The number of nitrogens with one attached hydrogen (secondary N) is 2. The highest BCUT2D eigenvalue weighted by molar-refractivity contribution is 5.82. The van der Waals surface area contributed by atoms with Gasteiger partial charge in [0, 0.05) is 6.54 Å². The van der Waals surface area contributed by atoms with Gasteiger partial charge >= 0.3 is 18.2 Å². The minimum absolute atomic E-state index is 0.223. The van der Waals surface area contributed by atoms with Gasteiger partial charge in [-0.2, -0.15) is 13.2 Å². The van der Waals surface area contributed by atoms with Crippen molar-refractivity contribution in [2.75, 3.05) is 26.4 Å². The second-order valence-electron chi connectivity index (χ2n) is 3.14. The fourth-order valence-corrected chi connectivity index (χ4v) is 0.819. The van der Waals surface area contributed by atoms with Gasteiger partial charge in [0.1, 0.15) is 6.61 Å². The molecule has 0 aliphatic heterocycles. The number of amides is 2. The zero-order chi connectivity index (χ0) is 14.2. The summed E-state index contributed by atoms with van der Waals surface area (Å²) in [6, 6.07) is -2.40. The topological polar surface area (TPSA) is 108 Å². The zero-order valence-corrected chi connectivity index (χ0v) is 9.16. The molecule has 0 aromatic heterocycles. The summed E-state index contributed by atoms with van der Waals surface area (Å²) in [7, 11) is 0. The van der Waals surface area contributed by atoms with Crippen molar-refractivity contribution >= 4 is 12.0 Å². The number of ether oxygens (including phenoxy) is 1. The Morgan fingerprint density at radius 2 is 1.94 bits per heavy atom. The predicted molar refractivity (Wildman–Crippen MR) is 51.9 cm³/mol. The second kappa shape index (κ2) is 7.71. The first-order valence-corrected chi connectivity index (χ1v) is 4.79. The van der Waals surface area contributed by atoms with Crippen molar-refractivity contribution in [3.05, 3.63) is 0 Å². The van der Waals surface area contributed by atoms with E-state index in [9.17, 15) is 22.8 Å². The van der Waals surface area contributed by atoms with E-state index >= 15 is 0 Å². The number of aliphatic carboxylic acids is 1. The molecule has 0 aliphatic carbocycles. The Morgan fingerprint density at radius 3 is 2.39 bits per heavy atom. The summed E-state index contributed by atoms with van der Waals surface area (Å²) in [5.74, 6) is -1.43. The van der Waals surface area contributed by atoms with Crippen LogP contribution in [-0.4, -0.2) is 60.8 Å². The van der Waals surface area contributed by atoms with Crippen molar-refractivity contribution in [3.63, 3.8) is 0 Å². The van der Waals surface area contributed by atoms with Crippen LogP contribution in [0.25, 0.3) is 0 Å². The molecule has 0 rings (SSSR count). The molecule has 0 bridgehead atoms. The standard InChI is InChI=1S/C8H13F3N2O5/c9-8(10,11)4-18-2-1-12-7(17)13-5(3-14)6(15)16/h5,14H,1-4H2,(H,15,16)(H2,12,13,17)/t5-/m1/s1. The van der Waals surface area contributed by atoms with Crippen molar-refractivity contribution in [1.82, 2.24) is 10.6 Å². The van der Waals surface area contributed by atoms with Crippen molar-refractivity contribution in [3.8, 4) is 0 Å². The third kappa shape index (κ3) is 8.58. The molecule has 0 radical (unpaired) electrons. The summed E-state index contributed by atoms with van der Waals surface area (Å²) in [5, 5.41) is 21.0. The number of hydrogen-bond acceptors (Lipinski definition) is 4. The maximum absolute atomic E-state index is 11.6. The number of aliphatic hydroxyl groups is 1. The van der Waals surface area contributed by atoms with Crippen LogP contribution in [-0.2, 0) is 9.53 Å². The van der Waals surface area contributed by atoms with Crippen LogP contribution in [0.15, 0.2) is 0 Å². The first kappa shape index (κ1) is 16.4. The lowest BCUT2D eigenvalue weighted by Crippen LogP contribution is -2.48. The molecule has 10 heteroatoms. The molecule has 0 aliphatic rings. The summed E-state index contributed by atoms with van der Waals surface area (Å²) >= 11 is 0. The van der Waals surface area contributed by atoms with Gasteiger partial charge in [0.05, 0.1) is 13.2 Å². The number of rotatable bonds is 7. The number of carbonyl (C=O) groups excluding carboxylic acids is 1. The number of urea groups is 1. The van der Waals surface area contributed by atoms with Crippen LogP contribution < -0.4 is 10.6 Å². The second-order valence-corrected chi connectivity index (χ2v) is 3.14. The van der Waals surface area contributed by atoms with E-state index in [0.29, 0.717) is 0 Å². The van der Waals surface area contributed by atoms with E-state index in [-0.39, 0.29) is 13.2 Å². The lowest BCUT2D eigenvalue weighted by atomic mass is 10.3. The Bertz CT molecular complexity index is 284. The van der Waals surface area contributed by atoms with Gasteiger partial charge in [0.2, 0.25) is 0 Å². The smallest absolute Gasteiger partial charge is 0.411 e. The number of carboxylic acid groups (broad SMARTS) is 1. The lowest BCUT2D eigenvalue weighted by Gasteiger charge is -2.13. The summed E-state index contributed by atoms with van der Waals surface area (Å²) in [5.41, 5.74) is 0. The molecular weight excluding hydrogens is 261 g/mol. The van der Waals surface area contributed by atoms with Gasteiger partial charge in [-0.25, -0.2) is 9.59 Å². The summed E-state index contributed by atoms with van der Waals surface area (Å²) in [4.78, 5) is 21.4. The molecule has 0 spiro atoms. The van der Waals surface area contributed by atoms with Gasteiger partial charge in [0.25, 0.3) is 0 Å². The van der Waals surface area contributed by atoms with Crippen LogP contribution in [0.5, 0.6) is 0 Å². The summed E-state index contributed by atoms with van der Waals surface area (Å²) < 4.78 is 39.1. The van der Waals surface area contributed by atoms with Gasteiger partial charge in [-0.3, -0.25) is 0 Å². The first-order chi connectivity index (χ1) is 8.26. The third-order valence-electron chi connectivity index (χ3n) is 1.58. The van der Waals surface area contributed by atoms with E-state index in [1.54, 1.807) is 0 Å². The van der Waals surface area contributed by atoms with Gasteiger partial charge < -0.3 is 25.6 Å². The molecule has 2 amide bonds. The Kier molecular flexibility index (Phi) is 7.05. The van der Waals surface area contributed by atoms with Crippen LogP contribution in [0.1, 0.15) is 0 Å². The van der Waals surface area contributed by atoms with Gasteiger partial charge in [0.15, 0.2) is 6.04 Å². The van der Waals surface area contributed by atoms with Crippen molar-refractivity contribution < 1.29 is 37.7 Å². The van der Waals surface area contributed by atoms with Crippen LogP contribution in [0.2, 0.25) is 0 Å². The molecule has 0 heterocycles. The Balaban J connectivity index is 3.68. The molecule has 7 nitrogen and oxygen atoms in total. The number of aliphatic hydroxyl groups excluding tert-OH is 1. The monoisotopic (exact) mass is 274 g/mol. The number of hydrogen-bond donors (Lipinski definition) is 4. The maximum atomic E-state index is 11.6. The van der Waals surface area contributed by atoms with E-state index < -0.39 is 37.4 Å². The predicted octanol–water partition coefficient (Wildman–Crippen LogP) is -0.690. The molecule has 0 aromatic carbocycles. The summed E-state index contributed by atoms with van der Waals surface area (Å²) in [6.45, 7) is -2.82. The third-order valence-corrected chi connectivity index (χ3v) is 1.58. The van der Waals surface area contributed by atoms with E-state index in [0.717, 1.165) is 0 Å². The largest absolute Gasteiger partial charge is 0.480 e. The minimum atomic E-state index is -4.44. The van der Waals surface area contributed by atoms with Crippen molar-refractivity contribution in [2.45, 2.75) is 12.2 Å². The molecular formula is C8H13F3N2O5. The SMILES string of the molecule is O=C(NCCOCC(F)(F)F)N[C@H](CO)C(=O)O. The van der Waals surface area contributed by atoms with Gasteiger partial charge in [-0.05, 0) is 0 Å². The molecule has 0 aromatic rings. The normalized spacial score (nSPS) is 12.9. The average Bonchev–Trinajstić information content (AvgIpc) is 2.23. The summed E-state index contributed by atoms with van der Waals surface area (Å²) in [6.07, 6.45) is -4.44. The average molecular weight is 274 g/mol. The van der Waals surface area contributed by atoms with E-state index in [2.05, 4.69) is 10.1 Å². The van der Waals surface area contributed by atoms with Crippen molar-refractivity contribution in [1.29, 1.82) is 0 Å².